The molecule has 0 saturated heterocycles. The van der Waals surface area contributed by atoms with Crippen LogP contribution in [0, 0.1) is 6.92 Å². The van der Waals surface area contributed by atoms with Crippen molar-refractivity contribution >= 4 is 17.5 Å². The highest BCUT2D eigenvalue weighted by atomic mass is 16.5. The van der Waals surface area contributed by atoms with Crippen molar-refractivity contribution < 1.29 is 14.3 Å². The standard InChI is InChI=1S/C16H22N4O3/c1-5-22-13-8-7-12(10-14(13)23-6-2)17-16(21)18-15-9-11(3)20(4)19-15/h7-10H,5-6H2,1-4H3,(H2,17,18,19,21). The molecule has 124 valence electrons. The zero-order valence-corrected chi connectivity index (χ0v) is 13.8. The van der Waals surface area contributed by atoms with Gasteiger partial charge in [0.2, 0.25) is 0 Å². The summed E-state index contributed by atoms with van der Waals surface area (Å²) in [6.45, 7) is 6.78. The van der Waals surface area contributed by atoms with Crippen LogP contribution in [0.15, 0.2) is 24.3 Å². The van der Waals surface area contributed by atoms with Gasteiger partial charge in [-0.1, -0.05) is 0 Å². The average molecular weight is 318 g/mol. The van der Waals surface area contributed by atoms with E-state index in [4.69, 9.17) is 9.47 Å². The molecule has 0 bridgehead atoms. The molecule has 7 heteroatoms. The Bertz CT molecular complexity index is 662. The number of aromatic nitrogens is 2. The lowest BCUT2D eigenvalue weighted by molar-refractivity contribution is 0.262. The van der Waals surface area contributed by atoms with Gasteiger partial charge in [0.1, 0.15) is 0 Å². The number of carbonyl (C=O) groups is 1. The van der Waals surface area contributed by atoms with Crippen LogP contribution in [0.3, 0.4) is 0 Å². The van der Waals surface area contributed by atoms with Gasteiger partial charge >= 0.3 is 6.03 Å². The first-order chi connectivity index (χ1) is 11.0. The van der Waals surface area contributed by atoms with Crippen LogP contribution < -0.4 is 20.1 Å². The van der Waals surface area contributed by atoms with E-state index in [0.29, 0.717) is 36.2 Å². The van der Waals surface area contributed by atoms with E-state index in [2.05, 4.69) is 15.7 Å². The monoisotopic (exact) mass is 318 g/mol. The lowest BCUT2D eigenvalue weighted by Gasteiger charge is -2.13. The molecule has 0 spiro atoms. The molecule has 1 aromatic heterocycles. The number of aryl methyl sites for hydroxylation is 2. The average Bonchev–Trinajstić information content (AvgIpc) is 2.80. The van der Waals surface area contributed by atoms with Gasteiger partial charge in [-0.25, -0.2) is 4.79 Å². The predicted octanol–water partition coefficient (Wildman–Crippen LogP) is 3.17. The first-order valence-corrected chi connectivity index (χ1v) is 7.51. The SMILES string of the molecule is CCOc1ccc(NC(=O)Nc2cc(C)n(C)n2)cc1OCC. The topological polar surface area (TPSA) is 77.4 Å². The Labute approximate surface area is 135 Å². The van der Waals surface area contributed by atoms with E-state index in [-0.39, 0.29) is 6.03 Å². The number of carbonyl (C=O) groups excluding carboxylic acids is 1. The lowest BCUT2D eigenvalue weighted by atomic mass is 10.2. The summed E-state index contributed by atoms with van der Waals surface area (Å²) in [7, 11) is 1.82. The summed E-state index contributed by atoms with van der Waals surface area (Å²) in [5.41, 5.74) is 1.57. The van der Waals surface area contributed by atoms with Crippen LogP contribution in [0.25, 0.3) is 0 Å². The third-order valence-electron chi connectivity index (χ3n) is 3.16. The Morgan fingerprint density at radius 3 is 2.43 bits per heavy atom. The molecule has 0 aliphatic heterocycles. The Hall–Kier alpha value is -2.70. The van der Waals surface area contributed by atoms with Crippen LogP contribution in [0.1, 0.15) is 19.5 Å². The molecule has 7 nitrogen and oxygen atoms in total. The molecule has 1 aromatic carbocycles. The molecule has 23 heavy (non-hydrogen) atoms. The molecule has 2 aromatic rings. The fraction of sp³-hybridized carbons (Fsp3) is 0.375. The molecule has 0 atom stereocenters. The minimum absolute atomic E-state index is 0.366. The number of urea groups is 1. The highest BCUT2D eigenvalue weighted by Gasteiger charge is 2.10. The van der Waals surface area contributed by atoms with Crippen LogP contribution in [-0.4, -0.2) is 29.0 Å². The molecule has 0 fully saturated rings. The van der Waals surface area contributed by atoms with Gasteiger partial charge < -0.3 is 14.8 Å². The number of hydrogen-bond donors (Lipinski definition) is 2. The summed E-state index contributed by atoms with van der Waals surface area (Å²) < 4.78 is 12.7. The summed E-state index contributed by atoms with van der Waals surface area (Å²) in [6.07, 6.45) is 0. The van der Waals surface area contributed by atoms with Crippen molar-refractivity contribution in [2.45, 2.75) is 20.8 Å². The second kappa shape index (κ2) is 7.53. The third-order valence-corrected chi connectivity index (χ3v) is 3.16. The number of hydrogen-bond acceptors (Lipinski definition) is 4. The van der Waals surface area contributed by atoms with Crippen molar-refractivity contribution in [1.82, 2.24) is 9.78 Å². The Kier molecular flexibility index (Phi) is 5.46. The van der Waals surface area contributed by atoms with Crippen LogP contribution in [0.4, 0.5) is 16.3 Å². The van der Waals surface area contributed by atoms with Gasteiger partial charge in [-0.15, -0.1) is 0 Å². The third kappa shape index (κ3) is 4.38. The van der Waals surface area contributed by atoms with Crippen molar-refractivity contribution in [3.05, 3.63) is 30.0 Å². The van der Waals surface area contributed by atoms with E-state index in [9.17, 15) is 4.79 Å². The van der Waals surface area contributed by atoms with Gasteiger partial charge in [0, 0.05) is 30.6 Å². The molecule has 0 aliphatic carbocycles. The fourth-order valence-electron chi connectivity index (χ4n) is 2.03. The summed E-state index contributed by atoms with van der Waals surface area (Å²) in [5, 5.41) is 9.62. The van der Waals surface area contributed by atoms with E-state index in [0.717, 1.165) is 5.69 Å². The Morgan fingerprint density at radius 1 is 1.13 bits per heavy atom. The number of nitrogens with one attached hydrogen (secondary N) is 2. The molecule has 2 rings (SSSR count). The normalized spacial score (nSPS) is 10.3. The molecule has 0 unspecified atom stereocenters. The minimum Gasteiger partial charge on any atom is -0.490 e. The van der Waals surface area contributed by atoms with Gasteiger partial charge in [-0.2, -0.15) is 5.10 Å². The van der Waals surface area contributed by atoms with E-state index < -0.39 is 0 Å². The molecule has 2 N–H and O–H groups in total. The smallest absolute Gasteiger partial charge is 0.324 e. The second-order valence-corrected chi connectivity index (χ2v) is 4.90. The highest BCUT2D eigenvalue weighted by molar-refractivity contribution is 5.99. The summed E-state index contributed by atoms with van der Waals surface area (Å²) in [5.74, 6) is 1.75. The fourth-order valence-corrected chi connectivity index (χ4v) is 2.03. The molecule has 0 radical (unpaired) electrons. The second-order valence-electron chi connectivity index (χ2n) is 4.90. The summed E-state index contributed by atoms with van der Waals surface area (Å²) >= 11 is 0. The van der Waals surface area contributed by atoms with Crippen molar-refractivity contribution in [3.8, 4) is 11.5 Å². The Balaban J connectivity index is 2.06. The number of nitrogens with zero attached hydrogens (tertiary/aromatic N) is 2. The van der Waals surface area contributed by atoms with Gasteiger partial charge in [0.25, 0.3) is 0 Å². The zero-order chi connectivity index (χ0) is 16.8. The van der Waals surface area contributed by atoms with E-state index in [1.807, 2.05) is 27.8 Å². The first kappa shape index (κ1) is 16.7. The van der Waals surface area contributed by atoms with E-state index in [1.54, 1.807) is 28.9 Å². The Morgan fingerprint density at radius 2 is 1.83 bits per heavy atom. The number of amides is 2. The molecule has 0 saturated carbocycles. The number of benzene rings is 1. The van der Waals surface area contributed by atoms with Crippen molar-refractivity contribution in [2.75, 3.05) is 23.8 Å². The van der Waals surface area contributed by atoms with Crippen molar-refractivity contribution in [3.63, 3.8) is 0 Å². The lowest BCUT2D eigenvalue weighted by Crippen LogP contribution is -2.19. The van der Waals surface area contributed by atoms with E-state index in [1.165, 1.54) is 0 Å². The van der Waals surface area contributed by atoms with Crippen LogP contribution in [-0.2, 0) is 7.05 Å². The van der Waals surface area contributed by atoms with E-state index >= 15 is 0 Å². The maximum atomic E-state index is 12.0. The first-order valence-electron chi connectivity index (χ1n) is 7.51. The molecular formula is C16H22N4O3. The van der Waals surface area contributed by atoms with Gasteiger partial charge in [0.15, 0.2) is 17.3 Å². The summed E-state index contributed by atoms with van der Waals surface area (Å²) in [6, 6.07) is 6.70. The molecule has 1 heterocycles. The van der Waals surface area contributed by atoms with Gasteiger partial charge in [-0.05, 0) is 32.9 Å². The highest BCUT2D eigenvalue weighted by Crippen LogP contribution is 2.30. The van der Waals surface area contributed by atoms with Crippen LogP contribution >= 0.6 is 0 Å². The summed E-state index contributed by atoms with van der Waals surface area (Å²) in [4.78, 5) is 12.0. The van der Waals surface area contributed by atoms with Crippen LogP contribution in [0.5, 0.6) is 11.5 Å². The largest absolute Gasteiger partial charge is 0.490 e. The van der Waals surface area contributed by atoms with Crippen LogP contribution in [0.2, 0.25) is 0 Å². The molecule has 0 aliphatic rings. The molecular weight excluding hydrogens is 296 g/mol. The minimum atomic E-state index is -0.366. The number of ether oxygens (including phenoxy) is 2. The quantitative estimate of drug-likeness (QED) is 0.857. The predicted molar refractivity (Wildman–Crippen MR) is 89.4 cm³/mol. The van der Waals surface area contributed by atoms with Gasteiger partial charge in [-0.3, -0.25) is 10.00 Å². The van der Waals surface area contributed by atoms with Crippen molar-refractivity contribution in [2.24, 2.45) is 7.05 Å². The maximum absolute atomic E-state index is 12.0. The maximum Gasteiger partial charge on any atom is 0.324 e. The van der Waals surface area contributed by atoms with Crippen molar-refractivity contribution in [1.29, 1.82) is 0 Å². The molecule has 2 amide bonds. The van der Waals surface area contributed by atoms with Gasteiger partial charge in [0.05, 0.1) is 13.2 Å². The zero-order valence-electron chi connectivity index (χ0n) is 13.8. The number of anilines is 2. The number of rotatable bonds is 6.